The third-order valence-corrected chi connectivity index (χ3v) is 4.24. The molecule has 0 aromatic carbocycles. The first-order chi connectivity index (χ1) is 7.77. The van der Waals surface area contributed by atoms with Gasteiger partial charge in [-0.1, -0.05) is 0 Å². The molecule has 16 heavy (non-hydrogen) atoms. The summed E-state index contributed by atoms with van der Waals surface area (Å²) in [6.45, 7) is 5.20. The van der Waals surface area contributed by atoms with Crippen LogP contribution in [0.3, 0.4) is 0 Å². The third-order valence-electron chi connectivity index (χ3n) is 2.49. The smallest absolute Gasteiger partial charge is 0.0798 e. The van der Waals surface area contributed by atoms with Crippen LogP contribution >= 0.6 is 22.7 Å². The number of rotatable bonds is 5. The normalized spacial score (nSPS) is 12.9. The van der Waals surface area contributed by atoms with E-state index in [4.69, 9.17) is 0 Å². The lowest BCUT2D eigenvalue weighted by molar-refractivity contribution is 0.579. The summed E-state index contributed by atoms with van der Waals surface area (Å²) in [5.74, 6) is 0. The van der Waals surface area contributed by atoms with Gasteiger partial charge in [0.15, 0.2) is 0 Å². The molecule has 86 valence electrons. The van der Waals surface area contributed by atoms with Gasteiger partial charge in [0.2, 0.25) is 0 Å². The highest BCUT2D eigenvalue weighted by Crippen LogP contribution is 2.20. The van der Waals surface area contributed by atoms with Crippen molar-refractivity contribution in [1.82, 2.24) is 15.3 Å². The second kappa shape index (κ2) is 5.52. The Morgan fingerprint density at radius 2 is 2.25 bits per heavy atom. The zero-order chi connectivity index (χ0) is 11.4. The summed E-state index contributed by atoms with van der Waals surface area (Å²) in [6, 6.07) is 0.381. The molecule has 2 rings (SSSR count). The molecule has 0 amide bonds. The van der Waals surface area contributed by atoms with Gasteiger partial charge in [0.05, 0.1) is 22.4 Å². The standard InChI is InChI=1S/C11H15N3S2/c1-8(11-9(2)13-7-16-11)12-4-3-10-5-15-6-14-10/h5-8,12H,3-4H2,1-2H3. The van der Waals surface area contributed by atoms with Crippen LogP contribution in [-0.2, 0) is 6.42 Å². The van der Waals surface area contributed by atoms with Crippen LogP contribution in [0, 0.1) is 6.92 Å². The molecule has 0 radical (unpaired) electrons. The van der Waals surface area contributed by atoms with E-state index in [1.807, 2.05) is 11.0 Å². The molecular weight excluding hydrogens is 238 g/mol. The van der Waals surface area contributed by atoms with Gasteiger partial charge in [0, 0.05) is 29.3 Å². The summed E-state index contributed by atoms with van der Waals surface area (Å²) >= 11 is 3.37. The van der Waals surface area contributed by atoms with Gasteiger partial charge in [0.1, 0.15) is 0 Å². The average molecular weight is 253 g/mol. The molecule has 1 N–H and O–H groups in total. The molecule has 0 saturated heterocycles. The summed E-state index contributed by atoms with van der Waals surface area (Å²) in [5, 5.41) is 5.60. The quantitative estimate of drug-likeness (QED) is 0.890. The molecular formula is C11H15N3S2. The van der Waals surface area contributed by atoms with Crippen LogP contribution in [0.5, 0.6) is 0 Å². The first kappa shape index (κ1) is 11.7. The topological polar surface area (TPSA) is 37.8 Å². The van der Waals surface area contributed by atoms with Crippen molar-refractivity contribution in [3.05, 3.63) is 32.7 Å². The van der Waals surface area contributed by atoms with Gasteiger partial charge in [-0.05, 0) is 13.8 Å². The van der Waals surface area contributed by atoms with E-state index in [0.29, 0.717) is 6.04 Å². The number of nitrogens with one attached hydrogen (secondary N) is 1. The summed E-state index contributed by atoms with van der Waals surface area (Å²) in [6.07, 6.45) is 0.992. The van der Waals surface area contributed by atoms with Gasteiger partial charge in [-0.2, -0.15) is 0 Å². The Labute approximate surface area is 104 Å². The predicted octanol–water partition coefficient (Wildman–Crippen LogP) is 2.80. The minimum atomic E-state index is 0.381. The van der Waals surface area contributed by atoms with E-state index in [-0.39, 0.29) is 0 Å². The Hall–Kier alpha value is -0.780. The van der Waals surface area contributed by atoms with E-state index in [1.165, 1.54) is 10.6 Å². The van der Waals surface area contributed by atoms with Crippen molar-refractivity contribution in [3.63, 3.8) is 0 Å². The lowest BCUT2D eigenvalue weighted by Gasteiger charge is -2.11. The molecule has 2 heterocycles. The minimum Gasteiger partial charge on any atom is -0.309 e. The zero-order valence-corrected chi connectivity index (χ0v) is 11.1. The van der Waals surface area contributed by atoms with Crippen molar-refractivity contribution in [2.24, 2.45) is 0 Å². The molecule has 0 bridgehead atoms. The number of hydrogen-bond acceptors (Lipinski definition) is 5. The van der Waals surface area contributed by atoms with Gasteiger partial charge in [-0.3, -0.25) is 0 Å². The molecule has 0 aliphatic rings. The van der Waals surface area contributed by atoms with Crippen LogP contribution in [0.1, 0.15) is 29.2 Å². The Kier molecular flexibility index (Phi) is 4.04. The monoisotopic (exact) mass is 253 g/mol. The molecule has 0 fully saturated rings. The lowest BCUT2D eigenvalue weighted by atomic mass is 10.2. The van der Waals surface area contributed by atoms with Gasteiger partial charge < -0.3 is 5.32 Å². The predicted molar refractivity (Wildman–Crippen MR) is 69.1 cm³/mol. The van der Waals surface area contributed by atoms with Crippen LogP contribution in [0.2, 0.25) is 0 Å². The summed E-state index contributed by atoms with van der Waals surface area (Å²) in [7, 11) is 0. The van der Waals surface area contributed by atoms with Crippen molar-refractivity contribution < 1.29 is 0 Å². The largest absolute Gasteiger partial charge is 0.309 e. The number of aryl methyl sites for hydroxylation is 1. The second-order valence-electron chi connectivity index (χ2n) is 3.71. The van der Waals surface area contributed by atoms with E-state index in [9.17, 15) is 0 Å². The number of nitrogens with zero attached hydrogens (tertiary/aromatic N) is 2. The Morgan fingerprint density at radius 1 is 1.38 bits per heavy atom. The van der Waals surface area contributed by atoms with Gasteiger partial charge in [-0.15, -0.1) is 22.7 Å². The molecule has 0 aliphatic carbocycles. The molecule has 1 unspecified atom stereocenters. The summed E-state index contributed by atoms with van der Waals surface area (Å²) in [4.78, 5) is 9.86. The lowest BCUT2D eigenvalue weighted by Crippen LogP contribution is -2.21. The Bertz CT molecular complexity index is 422. The summed E-state index contributed by atoms with van der Waals surface area (Å²) < 4.78 is 0. The van der Waals surface area contributed by atoms with Crippen molar-refractivity contribution in [2.75, 3.05) is 6.54 Å². The van der Waals surface area contributed by atoms with Gasteiger partial charge in [-0.25, -0.2) is 9.97 Å². The van der Waals surface area contributed by atoms with Crippen LogP contribution in [0.15, 0.2) is 16.4 Å². The highest BCUT2D eigenvalue weighted by atomic mass is 32.1. The van der Waals surface area contributed by atoms with Crippen LogP contribution in [0.25, 0.3) is 0 Å². The molecule has 0 spiro atoms. The molecule has 2 aromatic heterocycles. The maximum atomic E-state index is 4.26. The van der Waals surface area contributed by atoms with Gasteiger partial charge in [0.25, 0.3) is 0 Å². The first-order valence-electron chi connectivity index (χ1n) is 5.28. The van der Waals surface area contributed by atoms with E-state index < -0.39 is 0 Å². The van der Waals surface area contributed by atoms with Crippen molar-refractivity contribution >= 4 is 22.7 Å². The maximum absolute atomic E-state index is 4.26. The third kappa shape index (κ3) is 2.87. The van der Waals surface area contributed by atoms with E-state index in [1.54, 1.807) is 22.7 Å². The maximum Gasteiger partial charge on any atom is 0.0798 e. The van der Waals surface area contributed by atoms with E-state index in [2.05, 4.69) is 34.5 Å². The van der Waals surface area contributed by atoms with Gasteiger partial charge >= 0.3 is 0 Å². The zero-order valence-electron chi connectivity index (χ0n) is 9.43. The minimum absolute atomic E-state index is 0.381. The van der Waals surface area contributed by atoms with Crippen molar-refractivity contribution in [3.8, 4) is 0 Å². The second-order valence-corrected chi connectivity index (χ2v) is 5.31. The van der Waals surface area contributed by atoms with E-state index in [0.717, 1.165) is 18.7 Å². The fraction of sp³-hybridized carbons (Fsp3) is 0.455. The molecule has 3 nitrogen and oxygen atoms in total. The Balaban J connectivity index is 1.80. The molecule has 0 saturated carbocycles. The molecule has 1 atom stereocenters. The number of hydrogen-bond donors (Lipinski definition) is 1. The molecule has 0 aliphatic heterocycles. The molecule has 5 heteroatoms. The fourth-order valence-electron chi connectivity index (χ4n) is 1.60. The Morgan fingerprint density at radius 3 is 2.88 bits per heavy atom. The SMILES string of the molecule is Cc1ncsc1C(C)NCCc1cscn1. The van der Waals surface area contributed by atoms with Crippen LogP contribution < -0.4 is 5.32 Å². The van der Waals surface area contributed by atoms with Crippen molar-refractivity contribution in [1.29, 1.82) is 0 Å². The van der Waals surface area contributed by atoms with Crippen molar-refractivity contribution in [2.45, 2.75) is 26.3 Å². The first-order valence-corrected chi connectivity index (χ1v) is 7.10. The number of thiazole rings is 2. The fourth-order valence-corrected chi connectivity index (χ4v) is 3.02. The van der Waals surface area contributed by atoms with E-state index >= 15 is 0 Å². The highest BCUT2D eigenvalue weighted by molar-refractivity contribution is 7.09. The van der Waals surface area contributed by atoms with Crippen LogP contribution in [-0.4, -0.2) is 16.5 Å². The van der Waals surface area contributed by atoms with Crippen LogP contribution in [0.4, 0.5) is 0 Å². The molecule has 2 aromatic rings. The number of aromatic nitrogens is 2. The highest BCUT2D eigenvalue weighted by Gasteiger charge is 2.09. The average Bonchev–Trinajstić information content (AvgIpc) is 2.88. The summed E-state index contributed by atoms with van der Waals surface area (Å²) in [5.41, 5.74) is 6.10.